The summed E-state index contributed by atoms with van der Waals surface area (Å²) in [5.41, 5.74) is 3.13. The van der Waals surface area contributed by atoms with Crippen LogP contribution < -0.4 is 5.32 Å². The van der Waals surface area contributed by atoms with Gasteiger partial charge in [0.25, 0.3) is 0 Å². The Morgan fingerprint density at radius 3 is 2.68 bits per heavy atom. The highest BCUT2D eigenvalue weighted by Gasteiger charge is 2.28. The van der Waals surface area contributed by atoms with Gasteiger partial charge in [0.15, 0.2) is 5.82 Å². The standard InChI is InChI=1S/C16H22N6/c1-11-8-13-15(17-6-7-22(13)20-11)19-14(16(2,3)4)12-9-18-21(5)10-12/h6-10,14H,1-5H3,(H,17,19). The van der Waals surface area contributed by atoms with Gasteiger partial charge in [0.05, 0.1) is 17.9 Å². The summed E-state index contributed by atoms with van der Waals surface area (Å²) < 4.78 is 3.68. The quantitative estimate of drug-likeness (QED) is 0.807. The van der Waals surface area contributed by atoms with E-state index in [1.54, 1.807) is 6.20 Å². The molecule has 0 amide bonds. The molecule has 3 aromatic heterocycles. The molecule has 0 aromatic carbocycles. The molecule has 0 spiro atoms. The van der Waals surface area contributed by atoms with E-state index in [2.05, 4.69) is 41.3 Å². The van der Waals surface area contributed by atoms with Crippen molar-refractivity contribution >= 4 is 11.3 Å². The maximum Gasteiger partial charge on any atom is 0.152 e. The minimum absolute atomic E-state index is 0.0204. The first kappa shape index (κ1) is 14.6. The van der Waals surface area contributed by atoms with E-state index in [0.29, 0.717) is 0 Å². The molecule has 0 saturated heterocycles. The maximum atomic E-state index is 4.51. The first-order valence-corrected chi connectivity index (χ1v) is 7.40. The van der Waals surface area contributed by atoms with Crippen molar-refractivity contribution in [3.63, 3.8) is 0 Å². The lowest BCUT2D eigenvalue weighted by Crippen LogP contribution is -2.26. The normalized spacial score (nSPS) is 13.5. The molecule has 3 rings (SSSR count). The molecule has 0 aliphatic rings. The van der Waals surface area contributed by atoms with Crippen molar-refractivity contribution in [2.24, 2.45) is 12.5 Å². The maximum absolute atomic E-state index is 4.51. The summed E-state index contributed by atoms with van der Waals surface area (Å²) in [5.74, 6) is 0.840. The molecule has 22 heavy (non-hydrogen) atoms. The van der Waals surface area contributed by atoms with E-state index in [9.17, 15) is 0 Å². The van der Waals surface area contributed by atoms with E-state index in [1.165, 1.54) is 0 Å². The highest BCUT2D eigenvalue weighted by atomic mass is 15.3. The van der Waals surface area contributed by atoms with Crippen molar-refractivity contribution in [3.05, 3.63) is 42.1 Å². The molecule has 1 unspecified atom stereocenters. The summed E-state index contributed by atoms with van der Waals surface area (Å²) in [5, 5.41) is 12.3. The number of nitrogens with one attached hydrogen (secondary N) is 1. The van der Waals surface area contributed by atoms with Gasteiger partial charge in [0.2, 0.25) is 0 Å². The minimum Gasteiger partial charge on any atom is -0.361 e. The van der Waals surface area contributed by atoms with Crippen molar-refractivity contribution < 1.29 is 0 Å². The van der Waals surface area contributed by atoms with Crippen LogP contribution in [-0.2, 0) is 7.05 Å². The van der Waals surface area contributed by atoms with Gasteiger partial charge < -0.3 is 5.32 Å². The van der Waals surface area contributed by atoms with Crippen LogP contribution >= 0.6 is 0 Å². The van der Waals surface area contributed by atoms with Gasteiger partial charge in [-0.1, -0.05) is 20.8 Å². The van der Waals surface area contributed by atoms with Crippen LogP contribution in [0.1, 0.15) is 38.1 Å². The first-order chi connectivity index (χ1) is 10.3. The Labute approximate surface area is 130 Å². The van der Waals surface area contributed by atoms with Crippen molar-refractivity contribution in [1.82, 2.24) is 24.4 Å². The summed E-state index contributed by atoms with van der Waals surface area (Å²) in [6, 6.07) is 2.15. The van der Waals surface area contributed by atoms with Crippen LogP contribution in [0.5, 0.6) is 0 Å². The Balaban J connectivity index is 2.02. The summed E-state index contributed by atoms with van der Waals surface area (Å²) in [7, 11) is 1.93. The third kappa shape index (κ3) is 2.68. The van der Waals surface area contributed by atoms with Gasteiger partial charge >= 0.3 is 0 Å². The lowest BCUT2D eigenvalue weighted by Gasteiger charge is -2.31. The number of hydrogen-bond acceptors (Lipinski definition) is 4. The van der Waals surface area contributed by atoms with Crippen LogP contribution in [0.3, 0.4) is 0 Å². The van der Waals surface area contributed by atoms with Gasteiger partial charge in [-0.05, 0) is 18.4 Å². The Morgan fingerprint density at radius 2 is 2.05 bits per heavy atom. The fourth-order valence-electron chi connectivity index (χ4n) is 2.68. The second kappa shape index (κ2) is 5.12. The van der Waals surface area contributed by atoms with Crippen LogP contribution in [-0.4, -0.2) is 24.4 Å². The van der Waals surface area contributed by atoms with Gasteiger partial charge in [-0.25, -0.2) is 9.50 Å². The molecule has 1 atom stereocenters. The third-order valence-corrected chi connectivity index (χ3v) is 3.72. The molecule has 3 heterocycles. The van der Waals surface area contributed by atoms with Crippen LogP contribution in [0.2, 0.25) is 0 Å². The highest BCUT2D eigenvalue weighted by molar-refractivity contribution is 5.68. The van der Waals surface area contributed by atoms with Crippen molar-refractivity contribution in [1.29, 1.82) is 0 Å². The van der Waals surface area contributed by atoms with E-state index in [1.807, 2.05) is 47.8 Å². The topological polar surface area (TPSA) is 60.0 Å². The van der Waals surface area contributed by atoms with E-state index in [4.69, 9.17) is 0 Å². The molecule has 0 bridgehead atoms. The molecule has 0 saturated carbocycles. The molecule has 0 aliphatic heterocycles. The van der Waals surface area contributed by atoms with E-state index < -0.39 is 0 Å². The molecule has 116 valence electrons. The lowest BCUT2D eigenvalue weighted by molar-refractivity contribution is 0.347. The number of nitrogens with zero attached hydrogens (tertiary/aromatic N) is 5. The SMILES string of the molecule is Cc1cc2c(NC(c3cnn(C)c3)C(C)(C)C)nccn2n1. The fraction of sp³-hybridized carbons (Fsp3) is 0.438. The van der Waals surface area contributed by atoms with Crippen molar-refractivity contribution in [2.45, 2.75) is 33.7 Å². The third-order valence-electron chi connectivity index (χ3n) is 3.72. The number of hydrogen-bond donors (Lipinski definition) is 1. The highest BCUT2D eigenvalue weighted by Crippen LogP contribution is 2.36. The number of aromatic nitrogens is 5. The van der Waals surface area contributed by atoms with E-state index in [0.717, 1.165) is 22.6 Å². The van der Waals surface area contributed by atoms with Gasteiger partial charge in [-0.2, -0.15) is 10.2 Å². The smallest absolute Gasteiger partial charge is 0.152 e. The number of fused-ring (bicyclic) bond motifs is 1. The van der Waals surface area contributed by atoms with Gasteiger partial charge in [-0.3, -0.25) is 4.68 Å². The average molecular weight is 298 g/mol. The molecule has 6 heteroatoms. The molecule has 0 aliphatic carbocycles. The monoisotopic (exact) mass is 298 g/mol. The van der Waals surface area contributed by atoms with E-state index in [-0.39, 0.29) is 11.5 Å². The van der Waals surface area contributed by atoms with Gasteiger partial charge in [0, 0.05) is 31.2 Å². The number of anilines is 1. The molecule has 0 fully saturated rings. The van der Waals surface area contributed by atoms with Crippen LogP contribution in [0.4, 0.5) is 5.82 Å². The summed E-state index contributed by atoms with van der Waals surface area (Å²) in [6.07, 6.45) is 7.59. The average Bonchev–Trinajstić information content (AvgIpc) is 2.99. The predicted molar refractivity (Wildman–Crippen MR) is 86.8 cm³/mol. The van der Waals surface area contributed by atoms with Crippen molar-refractivity contribution in [3.8, 4) is 0 Å². The zero-order valence-corrected chi connectivity index (χ0v) is 13.7. The Morgan fingerprint density at radius 1 is 1.27 bits per heavy atom. The molecule has 1 N–H and O–H groups in total. The van der Waals surface area contributed by atoms with Gasteiger partial charge in [-0.15, -0.1) is 0 Å². The zero-order chi connectivity index (χ0) is 15.9. The summed E-state index contributed by atoms with van der Waals surface area (Å²) >= 11 is 0. The number of aryl methyl sites for hydroxylation is 2. The molecule has 0 radical (unpaired) electrons. The van der Waals surface area contributed by atoms with Crippen molar-refractivity contribution in [2.75, 3.05) is 5.32 Å². The Kier molecular flexibility index (Phi) is 3.39. The Bertz CT molecular complexity index is 792. The largest absolute Gasteiger partial charge is 0.361 e. The second-order valence-corrected chi connectivity index (χ2v) is 6.78. The first-order valence-electron chi connectivity index (χ1n) is 7.40. The lowest BCUT2D eigenvalue weighted by atomic mass is 9.83. The Hall–Kier alpha value is -2.37. The molecule has 6 nitrogen and oxygen atoms in total. The molecular formula is C16H22N6. The molecular weight excluding hydrogens is 276 g/mol. The second-order valence-electron chi connectivity index (χ2n) is 6.78. The fourth-order valence-corrected chi connectivity index (χ4v) is 2.68. The summed E-state index contributed by atoms with van der Waals surface area (Å²) in [4.78, 5) is 4.51. The van der Waals surface area contributed by atoms with Crippen LogP contribution in [0.15, 0.2) is 30.9 Å². The number of rotatable bonds is 3. The predicted octanol–water partition coefficient (Wildman–Crippen LogP) is 2.97. The van der Waals surface area contributed by atoms with E-state index >= 15 is 0 Å². The zero-order valence-electron chi connectivity index (χ0n) is 13.7. The summed E-state index contributed by atoms with van der Waals surface area (Å²) in [6.45, 7) is 8.61. The molecule has 3 aromatic rings. The van der Waals surface area contributed by atoms with Crippen LogP contribution in [0.25, 0.3) is 5.52 Å². The van der Waals surface area contributed by atoms with Gasteiger partial charge in [0.1, 0.15) is 5.52 Å². The van der Waals surface area contributed by atoms with Crippen LogP contribution in [0, 0.1) is 12.3 Å². The minimum atomic E-state index is 0.0204.